The molecule has 2 amide bonds. The number of carbonyl (C=O) groups excluding carboxylic acids is 2. The van der Waals surface area contributed by atoms with Gasteiger partial charge in [0.25, 0.3) is 15.9 Å². The number of fused-ring (bicyclic) bond motifs is 1. The van der Waals surface area contributed by atoms with Crippen LogP contribution in [0.25, 0.3) is 0 Å². The molecule has 2 aromatic rings. The van der Waals surface area contributed by atoms with Crippen LogP contribution in [0.3, 0.4) is 0 Å². The lowest BCUT2D eigenvalue weighted by Crippen LogP contribution is -2.48. The van der Waals surface area contributed by atoms with Gasteiger partial charge in [0.15, 0.2) is 0 Å². The van der Waals surface area contributed by atoms with Crippen LogP contribution in [0.5, 0.6) is 5.75 Å². The summed E-state index contributed by atoms with van der Waals surface area (Å²) in [6, 6.07) is 12.2. The van der Waals surface area contributed by atoms with E-state index >= 15 is 0 Å². The molecule has 2 N–H and O–H groups in total. The largest absolute Gasteiger partial charge is 0.490 e. The van der Waals surface area contributed by atoms with E-state index < -0.39 is 22.0 Å². The van der Waals surface area contributed by atoms with Gasteiger partial charge >= 0.3 is 0 Å². The van der Waals surface area contributed by atoms with Gasteiger partial charge in [0.05, 0.1) is 35.3 Å². The molecule has 0 saturated heterocycles. The third kappa shape index (κ3) is 11.0. The van der Waals surface area contributed by atoms with Gasteiger partial charge in [0, 0.05) is 44.8 Å². The molecule has 1 heterocycles. The van der Waals surface area contributed by atoms with E-state index in [2.05, 4.69) is 9.62 Å². The lowest BCUT2D eigenvalue weighted by molar-refractivity contribution is -0.132. The van der Waals surface area contributed by atoms with Crippen molar-refractivity contribution in [1.82, 2.24) is 14.7 Å². The Bertz CT molecular complexity index is 1370. The first kappa shape index (κ1) is 37.3. The highest BCUT2D eigenvalue weighted by Crippen LogP contribution is 2.29. The number of ether oxygens (including phenoxy) is 2. The molecule has 46 heavy (non-hydrogen) atoms. The number of carbonyl (C=O) groups is 2. The van der Waals surface area contributed by atoms with E-state index in [1.807, 2.05) is 27.9 Å². The van der Waals surface area contributed by atoms with Crippen molar-refractivity contribution in [2.75, 3.05) is 58.7 Å². The molecule has 12 heteroatoms. The van der Waals surface area contributed by atoms with Gasteiger partial charge in [-0.1, -0.05) is 25.1 Å². The molecule has 0 aromatic heterocycles. The molecule has 256 valence electrons. The number of sulfonamides is 1. The third-order valence-corrected chi connectivity index (χ3v) is 9.63. The fraction of sp³-hybridized carbons (Fsp3) is 0.588. The molecule has 0 fully saturated rings. The first-order valence-corrected chi connectivity index (χ1v) is 17.6. The Labute approximate surface area is 274 Å². The Morgan fingerprint density at radius 2 is 1.83 bits per heavy atom. The lowest BCUT2D eigenvalue weighted by Gasteiger charge is -2.36. The van der Waals surface area contributed by atoms with E-state index in [-0.39, 0.29) is 53.3 Å². The van der Waals surface area contributed by atoms with Crippen LogP contribution in [0, 0.1) is 5.92 Å². The van der Waals surface area contributed by atoms with Crippen molar-refractivity contribution in [2.45, 2.75) is 76.0 Å². The Morgan fingerprint density at radius 3 is 2.50 bits per heavy atom. The van der Waals surface area contributed by atoms with Crippen molar-refractivity contribution in [3.63, 3.8) is 0 Å². The van der Waals surface area contributed by atoms with Crippen molar-refractivity contribution < 1.29 is 32.6 Å². The molecule has 0 unspecified atom stereocenters. The summed E-state index contributed by atoms with van der Waals surface area (Å²) in [4.78, 5) is 32.7. The molecule has 11 nitrogen and oxygen atoms in total. The van der Waals surface area contributed by atoms with Gasteiger partial charge in [-0.05, 0) is 90.5 Å². The number of hydrogen-bond donors (Lipinski definition) is 2. The van der Waals surface area contributed by atoms with Gasteiger partial charge in [0.2, 0.25) is 5.91 Å². The number of nitrogens with one attached hydrogen (secondary N) is 1. The van der Waals surface area contributed by atoms with Gasteiger partial charge in [-0.15, -0.1) is 0 Å². The highest BCUT2D eigenvalue weighted by Gasteiger charge is 2.31. The van der Waals surface area contributed by atoms with Crippen molar-refractivity contribution in [3.8, 4) is 5.75 Å². The zero-order chi connectivity index (χ0) is 33.9. The van der Waals surface area contributed by atoms with Gasteiger partial charge in [-0.2, -0.15) is 0 Å². The summed E-state index contributed by atoms with van der Waals surface area (Å²) in [7, 11) is 1.84. The molecule has 0 aliphatic carbocycles. The maximum absolute atomic E-state index is 14.3. The quantitative estimate of drug-likeness (QED) is 0.369. The molecule has 1 aliphatic heterocycles. The molecule has 0 saturated carbocycles. The number of amides is 2. The zero-order valence-corrected chi connectivity index (χ0v) is 29.0. The summed E-state index contributed by atoms with van der Waals surface area (Å²) < 4.78 is 41.4. The highest BCUT2D eigenvalue weighted by molar-refractivity contribution is 7.92. The van der Waals surface area contributed by atoms with Gasteiger partial charge < -0.3 is 29.3 Å². The van der Waals surface area contributed by atoms with Crippen molar-refractivity contribution in [3.05, 3.63) is 54.1 Å². The minimum absolute atomic E-state index is 0.0408. The minimum atomic E-state index is -3.90. The summed E-state index contributed by atoms with van der Waals surface area (Å²) in [5, 5.41) is 10.2. The van der Waals surface area contributed by atoms with E-state index in [4.69, 9.17) is 9.47 Å². The van der Waals surface area contributed by atoms with Crippen molar-refractivity contribution in [2.24, 2.45) is 5.92 Å². The second kappa shape index (κ2) is 17.7. The predicted molar refractivity (Wildman–Crippen MR) is 180 cm³/mol. The normalized spacial score (nSPS) is 20.7. The molecule has 2 aromatic carbocycles. The topological polar surface area (TPSA) is 129 Å². The zero-order valence-electron chi connectivity index (χ0n) is 28.1. The molecule has 0 radical (unpaired) electrons. The van der Waals surface area contributed by atoms with Gasteiger partial charge in [-0.25, -0.2) is 8.42 Å². The van der Waals surface area contributed by atoms with E-state index in [0.29, 0.717) is 25.3 Å². The Hall–Kier alpha value is -3.19. The van der Waals surface area contributed by atoms with Gasteiger partial charge in [0.1, 0.15) is 5.75 Å². The first-order chi connectivity index (χ1) is 21.8. The number of likely N-dealkylation sites (N-methyl/N-ethyl adjacent to an activating group) is 1. The number of aliphatic hydroxyl groups excluding tert-OH is 1. The highest BCUT2D eigenvalue weighted by atomic mass is 32.2. The van der Waals surface area contributed by atoms with Gasteiger partial charge in [-0.3, -0.25) is 14.3 Å². The second-order valence-electron chi connectivity index (χ2n) is 12.6. The average molecular weight is 661 g/mol. The van der Waals surface area contributed by atoms with E-state index in [0.717, 1.165) is 32.2 Å². The maximum Gasteiger partial charge on any atom is 0.261 e. The van der Waals surface area contributed by atoms with Crippen molar-refractivity contribution >= 4 is 27.5 Å². The summed E-state index contributed by atoms with van der Waals surface area (Å²) in [6.07, 6.45) is 3.01. The number of benzene rings is 2. The SMILES string of the molecule is C[C@@H]1CCCCO[C@@H](CN(C)C(=O)CCCN(C)C)[C@@H](C)CN([C@H](C)CO)C(=O)c2cc(NS(=O)(=O)c3ccccc3)ccc2O1. The monoisotopic (exact) mass is 660 g/mol. The van der Waals surface area contributed by atoms with E-state index in [9.17, 15) is 23.1 Å². The second-order valence-corrected chi connectivity index (χ2v) is 14.3. The third-order valence-electron chi connectivity index (χ3n) is 8.23. The van der Waals surface area contributed by atoms with Crippen LogP contribution >= 0.6 is 0 Å². The summed E-state index contributed by atoms with van der Waals surface area (Å²) >= 11 is 0. The van der Waals surface area contributed by atoms with Crippen LogP contribution < -0.4 is 9.46 Å². The molecule has 3 rings (SSSR count). The molecular formula is C34H52N4O7S. The van der Waals surface area contributed by atoms with Crippen LogP contribution in [-0.4, -0.2) is 112 Å². The number of aliphatic hydroxyl groups is 1. The standard InChI is InChI=1S/C34H52N4O7S/c1-25-22-38(26(2)24-39)34(41)30-21-28(35-46(42,43)29-14-8-7-9-15-29)17-18-31(30)45-27(3)13-10-11-20-44-32(25)23-37(6)33(40)16-12-19-36(4)5/h7-9,14-15,17-18,21,25-27,32,35,39H,10-13,16,19-20,22-24H2,1-6H3/t25-,26+,27+,32-/m0/s1. The smallest absolute Gasteiger partial charge is 0.261 e. The summed E-state index contributed by atoms with van der Waals surface area (Å²) in [5.74, 6) is -0.212. The molecule has 0 spiro atoms. The van der Waals surface area contributed by atoms with Crippen LogP contribution in [0.2, 0.25) is 0 Å². The van der Waals surface area contributed by atoms with Crippen LogP contribution in [-0.2, 0) is 19.6 Å². The summed E-state index contributed by atoms with van der Waals surface area (Å²) in [5.41, 5.74) is 0.406. The molecular weight excluding hydrogens is 608 g/mol. The lowest BCUT2D eigenvalue weighted by atomic mass is 10.0. The first-order valence-electron chi connectivity index (χ1n) is 16.1. The van der Waals surface area contributed by atoms with Crippen LogP contribution in [0.15, 0.2) is 53.4 Å². The molecule has 4 atom stereocenters. The minimum Gasteiger partial charge on any atom is -0.490 e. The number of nitrogens with zero attached hydrogens (tertiary/aromatic N) is 3. The Morgan fingerprint density at radius 1 is 1.11 bits per heavy atom. The van der Waals surface area contributed by atoms with Crippen molar-refractivity contribution in [1.29, 1.82) is 0 Å². The maximum atomic E-state index is 14.3. The fourth-order valence-electron chi connectivity index (χ4n) is 5.37. The Balaban J connectivity index is 1.93. The number of rotatable bonds is 11. The van der Waals surface area contributed by atoms with E-state index in [1.54, 1.807) is 54.1 Å². The van der Waals surface area contributed by atoms with Crippen LogP contribution in [0.1, 0.15) is 63.2 Å². The van der Waals surface area contributed by atoms with E-state index in [1.165, 1.54) is 18.2 Å². The molecule has 1 aliphatic rings. The number of anilines is 1. The predicted octanol–water partition coefficient (Wildman–Crippen LogP) is 4.08. The van der Waals surface area contributed by atoms with Crippen LogP contribution in [0.4, 0.5) is 5.69 Å². The number of hydrogen-bond acceptors (Lipinski definition) is 8. The fourth-order valence-corrected chi connectivity index (χ4v) is 6.44. The Kier molecular flexibility index (Phi) is 14.3. The molecule has 0 bridgehead atoms. The summed E-state index contributed by atoms with van der Waals surface area (Å²) in [6.45, 7) is 7.34. The average Bonchev–Trinajstić information content (AvgIpc) is 3.02.